The summed E-state index contributed by atoms with van der Waals surface area (Å²) in [5.41, 5.74) is 6.65. The van der Waals surface area contributed by atoms with E-state index < -0.39 is 5.92 Å². The molecular weight excluding hydrogens is 250 g/mol. The second-order valence-electron chi connectivity index (χ2n) is 4.50. The predicted octanol–water partition coefficient (Wildman–Crippen LogP) is 1.62. The number of carbonyl (C=O) groups is 1. The van der Waals surface area contributed by atoms with Gasteiger partial charge in [0.2, 0.25) is 5.91 Å². The van der Waals surface area contributed by atoms with Crippen LogP contribution < -0.4 is 11.1 Å². The molecule has 2 atom stereocenters. The average Bonchev–Trinajstić information content (AvgIpc) is 2.86. The highest BCUT2D eigenvalue weighted by Crippen LogP contribution is 2.33. The Bertz CT molecular complexity index is 470. The Kier molecular flexibility index (Phi) is 3.86. The molecular formula is C12H17N3O2S. The molecule has 0 aliphatic heterocycles. The van der Waals surface area contributed by atoms with Crippen molar-refractivity contribution in [1.29, 1.82) is 0 Å². The summed E-state index contributed by atoms with van der Waals surface area (Å²) in [7, 11) is 0. The van der Waals surface area contributed by atoms with E-state index in [9.17, 15) is 4.79 Å². The molecule has 1 aliphatic rings. The lowest BCUT2D eigenvalue weighted by Gasteiger charge is -2.25. The number of nitrogens with one attached hydrogen (secondary N) is 1. The third kappa shape index (κ3) is 2.48. The van der Waals surface area contributed by atoms with Crippen LogP contribution in [0.5, 0.6) is 0 Å². The molecule has 0 radical (unpaired) electrons. The van der Waals surface area contributed by atoms with Crippen LogP contribution in [0.25, 0.3) is 0 Å². The summed E-state index contributed by atoms with van der Waals surface area (Å²) in [6.45, 7) is 1.63. The Morgan fingerprint density at radius 3 is 3.22 bits per heavy atom. The largest absolute Gasteiger partial charge is 0.409 e. The zero-order valence-electron chi connectivity index (χ0n) is 10.2. The molecule has 0 saturated heterocycles. The van der Waals surface area contributed by atoms with Crippen molar-refractivity contribution >= 4 is 23.1 Å². The highest BCUT2D eigenvalue weighted by Gasteiger charge is 2.25. The highest BCUT2D eigenvalue weighted by molar-refractivity contribution is 7.10. The summed E-state index contributed by atoms with van der Waals surface area (Å²) in [6, 6.07) is 2.12. The molecule has 1 amide bonds. The SMILES string of the molecule is CC(C(=O)NC1CCCc2sccc21)/C(N)=N/O. The van der Waals surface area contributed by atoms with Gasteiger partial charge in [-0.3, -0.25) is 4.79 Å². The maximum absolute atomic E-state index is 12.0. The summed E-state index contributed by atoms with van der Waals surface area (Å²) in [4.78, 5) is 13.3. The van der Waals surface area contributed by atoms with Gasteiger partial charge in [-0.05, 0) is 43.2 Å². The molecule has 2 unspecified atom stereocenters. The zero-order valence-corrected chi connectivity index (χ0v) is 11.0. The van der Waals surface area contributed by atoms with E-state index in [1.165, 1.54) is 10.4 Å². The van der Waals surface area contributed by atoms with Gasteiger partial charge in [-0.15, -0.1) is 11.3 Å². The lowest BCUT2D eigenvalue weighted by molar-refractivity contribution is -0.123. The Balaban J connectivity index is 2.06. The van der Waals surface area contributed by atoms with Crippen molar-refractivity contribution in [3.05, 3.63) is 21.9 Å². The molecule has 0 aromatic carbocycles. The first-order valence-electron chi connectivity index (χ1n) is 5.97. The van der Waals surface area contributed by atoms with E-state index in [-0.39, 0.29) is 17.8 Å². The normalized spacial score (nSPS) is 21.2. The number of hydrogen-bond acceptors (Lipinski definition) is 4. The molecule has 1 aromatic heterocycles. The molecule has 1 aliphatic carbocycles. The minimum absolute atomic E-state index is 0.0569. The van der Waals surface area contributed by atoms with Gasteiger partial charge in [-0.1, -0.05) is 5.16 Å². The van der Waals surface area contributed by atoms with Crippen LogP contribution in [0.2, 0.25) is 0 Å². The van der Waals surface area contributed by atoms with E-state index in [2.05, 4.69) is 21.9 Å². The van der Waals surface area contributed by atoms with Crippen LogP contribution in [0.15, 0.2) is 16.6 Å². The zero-order chi connectivity index (χ0) is 13.1. The molecule has 1 aromatic rings. The summed E-state index contributed by atoms with van der Waals surface area (Å²) in [5.74, 6) is -0.873. The number of oxime groups is 1. The number of amidine groups is 1. The monoisotopic (exact) mass is 267 g/mol. The van der Waals surface area contributed by atoms with Gasteiger partial charge in [0, 0.05) is 4.88 Å². The number of hydrogen-bond donors (Lipinski definition) is 3. The van der Waals surface area contributed by atoms with Gasteiger partial charge in [-0.2, -0.15) is 0 Å². The quantitative estimate of drug-likeness (QED) is 0.336. The van der Waals surface area contributed by atoms with Crippen molar-refractivity contribution < 1.29 is 10.0 Å². The second-order valence-corrected chi connectivity index (χ2v) is 5.50. The van der Waals surface area contributed by atoms with Crippen LogP contribution in [-0.2, 0) is 11.2 Å². The number of nitrogens with two attached hydrogens (primary N) is 1. The fourth-order valence-electron chi connectivity index (χ4n) is 2.15. The number of rotatable bonds is 3. The molecule has 2 rings (SSSR count). The molecule has 4 N–H and O–H groups in total. The van der Waals surface area contributed by atoms with Crippen LogP contribution in [-0.4, -0.2) is 17.0 Å². The molecule has 5 nitrogen and oxygen atoms in total. The number of thiophene rings is 1. The topological polar surface area (TPSA) is 87.7 Å². The average molecular weight is 267 g/mol. The molecule has 1 heterocycles. The van der Waals surface area contributed by atoms with Gasteiger partial charge < -0.3 is 16.3 Å². The van der Waals surface area contributed by atoms with Gasteiger partial charge >= 0.3 is 0 Å². The third-order valence-electron chi connectivity index (χ3n) is 3.32. The number of nitrogens with zero attached hydrogens (tertiary/aromatic N) is 1. The van der Waals surface area contributed by atoms with Crippen molar-refractivity contribution in [3.8, 4) is 0 Å². The lowest BCUT2D eigenvalue weighted by atomic mass is 9.93. The van der Waals surface area contributed by atoms with E-state index in [4.69, 9.17) is 10.9 Å². The number of aryl methyl sites for hydroxylation is 1. The maximum Gasteiger partial charge on any atom is 0.231 e. The van der Waals surface area contributed by atoms with Crippen LogP contribution in [0.1, 0.15) is 36.2 Å². The van der Waals surface area contributed by atoms with E-state index in [1.54, 1.807) is 18.3 Å². The summed E-state index contributed by atoms with van der Waals surface area (Å²) in [6.07, 6.45) is 3.12. The molecule has 0 bridgehead atoms. The third-order valence-corrected chi connectivity index (χ3v) is 4.32. The van der Waals surface area contributed by atoms with Gasteiger partial charge in [-0.25, -0.2) is 0 Å². The van der Waals surface area contributed by atoms with Crippen molar-refractivity contribution in [1.82, 2.24) is 5.32 Å². The standard InChI is InChI=1S/C12H17N3O2S/c1-7(11(13)15-17)12(16)14-9-3-2-4-10-8(9)5-6-18-10/h5-7,9,17H,2-4H2,1H3,(H2,13,15)(H,14,16). The number of carbonyl (C=O) groups excluding carboxylic acids is 1. The maximum atomic E-state index is 12.0. The van der Waals surface area contributed by atoms with Gasteiger partial charge in [0.1, 0.15) is 0 Å². The fourth-order valence-corrected chi connectivity index (χ4v) is 3.14. The first-order chi connectivity index (χ1) is 8.63. The number of amides is 1. The Morgan fingerprint density at radius 2 is 2.50 bits per heavy atom. The van der Waals surface area contributed by atoms with Gasteiger partial charge in [0.25, 0.3) is 0 Å². The van der Waals surface area contributed by atoms with Crippen LogP contribution in [0, 0.1) is 5.92 Å². The second kappa shape index (κ2) is 5.39. The molecule has 0 fully saturated rings. The van der Waals surface area contributed by atoms with E-state index in [0.29, 0.717) is 0 Å². The van der Waals surface area contributed by atoms with Crippen molar-refractivity contribution in [2.45, 2.75) is 32.2 Å². The number of fused-ring (bicyclic) bond motifs is 1. The fraction of sp³-hybridized carbons (Fsp3) is 0.500. The Labute approximate surface area is 110 Å². The minimum atomic E-state index is -0.612. The van der Waals surface area contributed by atoms with Crippen molar-refractivity contribution in [2.24, 2.45) is 16.8 Å². The summed E-state index contributed by atoms with van der Waals surface area (Å²) in [5, 5.41) is 16.5. The highest BCUT2D eigenvalue weighted by atomic mass is 32.1. The van der Waals surface area contributed by atoms with Crippen LogP contribution >= 0.6 is 11.3 Å². The first-order valence-corrected chi connectivity index (χ1v) is 6.85. The van der Waals surface area contributed by atoms with Crippen LogP contribution in [0.3, 0.4) is 0 Å². The van der Waals surface area contributed by atoms with E-state index >= 15 is 0 Å². The van der Waals surface area contributed by atoms with Gasteiger partial charge in [0.05, 0.1) is 12.0 Å². The minimum Gasteiger partial charge on any atom is -0.409 e. The predicted molar refractivity (Wildman–Crippen MR) is 70.7 cm³/mol. The molecule has 0 saturated carbocycles. The summed E-state index contributed by atoms with van der Waals surface area (Å²) >= 11 is 1.74. The van der Waals surface area contributed by atoms with E-state index in [1.807, 2.05) is 0 Å². The van der Waals surface area contributed by atoms with Crippen LogP contribution in [0.4, 0.5) is 0 Å². The molecule has 0 spiro atoms. The van der Waals surface area contributed by atoms with Crippen molar-refractivity contribution in [3.63, 3.8) is 0 Å². The Morgan fingerprint density at radius 1 is 1.72 bits per heavy atom. The van der Waals surface area contributed by atoms with Gasteiger partial charge in [0.15, 0.2) is 5.84 Å². The first kappa shape index (κ1) is 12.9. The lowest BCUT2D eigenvalue weighted by Crippen LogP contribution is -2.39. The summed E-state index contributed by atoms with van der Waals surface area (Å²) < 4.78 is 0. The molecule has 18 heavy (non-hydrogen) atoms. The Hall–Kier alpha value is -1.56. The van der Waals surface area contributed by atoms with Crippen molar-refractivity contribution in [2.75, 3.05) is 0 Å². The molecule has 6 heteroatoms. The molecule has 98 valence electrons. The smallest absolute Gasteiger partial charge is 0.231 e. The van der Waals surface area contributed by atoms with E-state index in [0.717, 1.165) is 19.3 Å².